The number of hydrogen-bond donors (Lipinski definition) is 1. The standard InChI is InChI=1S/C13H10ClIN2O/c1-8-6-10(15)2-3-11(8)17-13(18)12-7-9(14)4-5-16-12/h2-7H,1H3,(H,17,18). The first-order valence-electron chi connectivity index (χ1n) is 5.25. The molecule has 0 bridgehead atoms. The zero-order chi connectivity index (χ0) is 13.1. The van der Waals surface area contributed by atoms with E-state index in [0.29, 0.717) is 10.7 Å². The Bertz CT molecular complexity index is 601. The maximum absolute atomic E-state index is 12.0. The predicted octanol–water partition coefficient (Wildman–Crippen LogP) is 3.90. The Labute approximate surface area is 124 Å². The Kier molecular flexibility index (Phi) is 4.19. The average Bonchev–Trinajstić information content (AvgIpc) is 2.32. The van der Waals surface area contributed by atoms with E-state index in [0.717, 1.165) is 14.8 Å². The van der Waals surface area contributed by atoms with Crippen LogP contribution >= 0.6 is 34.2 Å². The van der Waals surface area contributed by atoms with Gasteiger partial charge in [-0.2, -0.15) is 0 Å². The van der Waals surface area contributed by atoms with Crippen molar-refractivity contribution in [3.05, 3.63) is 56.4 Å². The number of nitrogens with zero attached hydrogens (tertiary/aromatic N) is 1. The molecule has 0 radical (unpaired) electrons. The molecule has 1 N–H and O–H groups in total. The number of amides is 1. The van der Waals surface area contributed by atoms with E-state index >= 15 is 0 Å². The molecule has 0 unspecified atom stereocenters. The van der Waals surface area contributed by atoms with Crippen molar-refractivity contribution in [3.63, 3.8) is 0 Å². The maximum Gasteiger partial charge on any atom is 0.274 e. The zero-order valence-corrected chi connectivity index (χ0v) is 12.5. The number of aryl methyl sites for hydroxylation is 1. The van der Waals surface area contributed by atoms with Gasteiger partial charge in [0.05, 0.1) is 0 Å². The van der Waals surface area contributed by atoms with Crippen LogP contribution in [0.1, 0.15) is 16.1 Å². The number of nitrogens with one attached hydrogen (secondary N) is 1. The minimum absolute atomic E-state index is 0.262. The molecule has 0 aliphatic rings. The molecule has 0 saturated heterocycles. The van der Waals surface area contributed by atoms with Gasteiger partial charge in [-0.1, -0.05) is 11.6 Å². The van der Waals surface area contributed by atoms with Gasteiger partial charge in [0.2, 0.25) is 0 Å². The van der Waals surface area contributed by atoms with Crippen molar-refractivity contribution in [1.29, 1.82) is 0 Å². The number of carbonyl (C=O) groups excluding carboxylic acids is 1. The Hall–Kier alpha value is -1.14. The van der Waals surface area contributed by atoms with Crippen molar-refractivity contribution < 1.29 is 4.79 Å². The number of aromatic nitrogens is 1. The number of benzene rings is 1. The highest BCUT2D eigenvalue weighted by atomic mass is 127. The van der Waals surface area contributed by atoms with Gasteiger partial charge >= 0.3 is 0 Å². The second kappa shape index (κ2) is 5.67. The van der Waals surface area contributed by atoms with Gasteiger partial charge in [-0.05, 0) is 65.4 Å². The number of hydrogen-bond acceptors (Lipinski definition) is 2. The van der Waals surface area contributed by atoms with Gasteiger partial charge in [-0.15, -0.1) is 0 Å². The first-order valence-corrected chi connectivity index (χ1v) is 6.71. The third-order valence-corrected chi connectivity index (χ3v) is 3.30. The summed E-state index contributed by atoms with van der Waals surface area (Å²) in [7, 11) is 0. The smallest absolute Gasteiger partial charge is 0.274 e. The quantitative estimate of drug-likeness (QED) is 0.813. The van der Waals surface area contributed by atoms with Crippen LogP contribution in [-0.4, -0.2) is 10.9 Å². The van der Waals surface area contributed by atoms with E-state index < -0.39 is 0 Å². The molecule has 0 fully saturated rings. The highest BCUT2D eigenvalue weighted by molar-refractivity contribution is 14.1. The number of rotatable bonds is 2. The summed E-state index contributed by atoms with van der Waals surface area (Å²) >= 11 is 8.05. The average molecular weight is 373 g/mol. The third kappa shape index (κ3) is 3.20. The Morgan fingerprint density at radius 1 is 1.33 bits per heavy atom. The van der Waals surface area contributed by atoms with Crippen molar-refractivity contribution in [2.45, 2.75) is 6.92 Å². The van der Waals surface area contributed by atoms with E-state index in [1.165, 1.54) is 6.20 Å². The summed E-state index contributed by atoms with van der Waals surface area (Å²) in [5.74, 6) is -0.262. The largest absolute Gasteiger partial charge is 0.320 e. The van der Waals surface area contributed by atoms with E-state index in [-0.39, 0.29) is 5.91 Å². The lowest BCUT2D eigenvalue weighted by molar-refractivity contribution is 0.102. The number of anilines is 1. The summed E-state index contributed by atoms with van der Waals surface area (Å²) in [6.45, 7) is 1.95. The Morgan fingerprint density at radius 2 is 2.11 bits per heavy atom. The highest BCUT2D eigenvalue weighted by Gasteiger charge is 2.09. The minimum atomic E-state index is -0.262. The molecule has 0 aliphatic heterocycles. The van der Waals surface area contributed by atoms with E-state index in [9.17, 15) is 4.79 Å². The molecule has 92 valence electrons. The monoisotopic (exact) mass is 372 g/mol. The van der Waals surface area contributed by atoms with Gasteiger partial charge in [0.15, 0.2) is 0 Å². The third-order valence-electron chi connectivity index (χ3n) is 2.39. The first-order chi connectivity index (χ1) is 8.56. The van der Waals surface area contributed by atoms with E-state index in [1.807, 2.05) is 25.1 Å². The molecule has 2 aromatic rings. The van der Waals surface area contributed by atoms with Gasteiger partial charge in [-0.25, -0.2) is 0 Å². The van der Waals surface area contributed by atoms with Crippen LogP contribution < -0.4 is 5.32 Å². The Morgan fingerprint density at radius 3 is 2.78 bits per heavy atom. The van der Waals surface area contributed by atoms with Gasteiger partial charge < -0.3 is 5.32 Å². The summed E-state index contributed by atoms with van der Waals surface area (Å²) in [5.41, 5.74) is 2.10. The van der Waals surface area contributed by atoms with Crippen LogP contribution in [0.25, 0.3) is 0 Å². The molecule has 1 amide bonds. The first kappa shape index (κ1) is 13.3. The van der Waals surface area contributed by atoms with Gasteiger partial charge in [0.1, 0.15) is 5.69 Å². The van der Waals surface area contributed by atoms with Crippen molar-refractivity contribution in [3.8, 4) is 0 Å². The molecule has 0 atom stereocenters. The summed E-state index contributed by atoms with van der Waals surface area (Å²) in [5, 5.41) is 3.31. The van der Waals surface area contributed by atoms with Crippen LogP contribution in [0.2, 0.25) is 5.02 Å². The lowest BCUT2D eigenvalue weighted by Gasteiger charge is -2.08. The Balaban J connectivity index is 2.21. The molecule has 0 saturated carbocycles. The fourth-order valence-corrected chi connectivity index (χ4v) is 2.29. The SMILES string of the molecule is Cc1cc(I)ccc1NC(=O)c1cc(Cl)ccn1. The zero-order valence-electron chi connectivity index (χ0n) is 9.58. The highest BCUT2D eigenvalue weighted by Crippen LogP contribution is 2.18. The minimum Gasteiger partial charge on any atom is -0.320 e. The van der Waals surface area contributed by atoms with Gasteiger partial charge in [0, 0.05) is 20.5 Å². The van der Waals surface area contributed by atoms with Crippen LogP contribution in [0.4, 0.5) is 5.69 Å². The van der Waals surface area contributed by atoms with E-state index in [4.69, 9.17) is 11.6 Å². The molecular formula is C13H10ClIN2O. The van der Waals surface area contributed by atoms with Crippen LogP contribution in [-0.2, 0) is 0 Å². The molecule has 1 aromatic heterocycles. The van der Waals surface area contributed by atoms with E-state index in [2.05, 4.69) is 32.9 Å². The molecule has 18 heavy (non-hydrogen) atoms. The lowest BCUT2D eigenvalue weighted by Crippen LogP contribution is -2.14. The molecular weight excluding hydrogens is 363 g/mol. The van der Waals surface area contributed by atoms with Crippen LogP contribution in [0.5, 0.6) is 0 Å². The van der Waals surface area contributed by atoms with Gasteiger partial charge in [0.25, 0.3) is 5.91 Å². The summed E-state index contributed by atoms with van der Waals surface area (Å²) in [6.07, 6.45) is 1.51. The molecule has 1 heterocycles. The van der Waals surface area contributed by atoms with Crippen LogP contribution in [0.15, 0.2) is 36.5 Å². The molecule has 1 aromatic carbocycles. The predicted molar refractivity (Wildman–Crippen MR) is 81.1 cm³/mol. The van der Waals surface area contributed by atoms with Crippen LogP contribution in [0.3, 0.4) is 0 Å². The fourth-order valence-electron chi connectivity index (χ4n) is 1.48. The van der Waals surface area contributed by atoms with Crippen molar-refractivity contribution in [1.82, 2.24) is 4.98 Å². The lowest BCUT2D eigenvalue weighted by atomic mass is 10.2. The topological polar surface area (TPSA) is 42.0 Å². The van der Waals surface area contributed by atoms with Crippen molar-refractivity contribution >= 4 is 45.8 Å². The van der Waals surface area contributed by atoms with Crippen LogP contribution in [0, 0.1) is 10.5 Å². The molecule has 5 heteroatoms. The second-order valence-electron chi connectivity index (χ2n) is 3.77. The maximum atomic E-state index is 12.0. The fraction of sp³-hybridized carbons (Fsp3) is 0.0769. The molecule has 0 spiro atoms. The van der Waals surface area contributed by atoms with Gasteiger partial charge in [-0.3, -0.25) is 9.78 Å². The van der Waals surface area contributed by atoms with Crippen molar-refractivity contribution in [2.75, 3.05) is 5.32 Å². The number of pyridine rings is 1. The number of halogens is 2. The van der Waals surface area contributed by atoms with E-state index in [1.54, 1.807) is 12.1 Å². The molecule has 0 aliphatic carbocycles. The normalized spacial score (nSPS) is 10.2. The summed E-state index contributed by atoms with van der Waals surface area (Å²) in [4.78, 5) is 16.0. The molecule has 2 rings (SSSR count). The van der Waals surface area contributed by atoms with Crippen molar-refractivity contribution in [2.24, 2.45) is 0 Å². The summed E-state index contributed by atoms with van der Waals surface area (Å²) < 4.78 is 1.13. The summed E-state index contributed by atoms with van der Waals surface area (Å²) in [6, 6.07) is 8.99. The molecule has 3 nitrogen and oxygen atoms in total. The second-order valence-corrected chi connectivity index (χ2v) is 5.45. The number of carbonyl (C=O) groups is 1.